The number of aromatic nitrogens is 2. The second-order valence-corrected chi connectivity index (χ2v) is 12.0. The monoisotopic (exact) mass is 328 g/mol. The van der Waals surface area contributed by atoms with Gasteiger partial charge in [-0.05, 0) is 32.0 Å². The molecule has 0 spiro atoms. The Labute approximate surface area is 132 Å². The first-order chi connectivity index (χ1) is 9.94. The molecule has 1 rings (SSSR count). The van der Waals surface area contributed by atoms with Crippen LogP contribution in [0.5, 0.6) is 0 Å². The van der Waals surface area contributed by atoms with Crippen LogP contribution in [0.3, 0.4) is 0 Å². The van der Waals surface area contributed by atoms with Gasteiger partial charge in [0.2, 0.25) is 0 Å². The smallest absolute Gasteiger partial charge is 0.325 e. The first-order valence-corrected chi connectivity index (χ1v) is 10.5. The molecule has 0 saturated carbocycles. The quantitative estimate of drug-likeness (QED) is 0.786. The van der Waals surface area contributed by atoms with Crippen molar-refractivity contribution >= 4 is 8.32 Å². The van der Waals surface area contributed by atoms with E-state index in [1.165, 1.54) is 6.20 Å². The molecule has 0 bridgehead atoms. The normalized spacial score (nSPS) is 15.6. The van der Waals surface area contributed by atoms with Gasteiger partial charge in [-0.1, -0.05) is 20.8 Å². The minimum absolute atomic E-state index is 0.143. The Morgan fingerprint density at radius 2 is 1.82 bits per heavy atom. The van der Waals surface area contributed by atoms with Crippen LogP contribution < -0.4 is 11.2 Å². The highest BCUT2D eigenvalue weighted by atomic mass is 28.4. The van der Waals surface area contributed by atoms with E-state index in [0.29, 0.717) is 12.2 Å². The van der Waals surface area contributed by atoms with Crippen molar-refractivity contribution in [2.45, 2.75) is 65.0 Å². The molecule has 2 N–H and O–H groups in total. The van der Waals surface area contributed by atoms with Gasteiger partial charge in [0.1, 0.15) is 0 Å². The Morgan fingerprint density at radius 3 is 2.32 bits per heavy atom. The molecule has 22 heavy (non-hydrogen) atoms. The van der Waals surface area contributed by atoms with E-state index in [1.54, 1.807) is 6.92 Å². The molecule has 0 aliphatic heterocycles. The maximum atomic E-state index is 11.7. The number of hydrogen-bond donors (Lipinski definition) is 2. The molecule has 0 saturated heterocycles. The molecule has 0 fully saturated rings. The largest absolute Gasteiger partial charge is 0.414 e. The van der Waals surface area contributed by atoms with E-state index in [2.05, 4.69) is 43.8 Å². The van der Waals surface area contributed by atoms with Gasteiger partial charge in [0, 0.05) is 6.20 Å². The molecule has 126 valence electrons. The van der Waals surface area contributed by atoms with Gasteiger partial charge in [-0.15, -0.1) is 0 Å². The van der Waals surface area contributed by atoms with Crippen LogP contribution in [0.1, 0.15) is 46.3 Å². The van der Waals surface area contributed by atoms with E-state index >= 15 is 0 Å². The number of nitrogens with one attached hydrogen (secondary N) is 2. The zero-order valence-corrected chi connectivity index (χ0v) is 15.6. The fourth-order valence-electron chi connectivity index (χ4n) is 1.73. The van der Waals surface area contributed by atoms with Crippen LogP contribution in [0.15, 0.2) is 15.8 Å². The van der Waals surface area contributed by atoms with Crippen molar-refractivity contribution in [3.05, 3.63) is 32.6 Å². The van der Waals surface area contributed by atoms with E-state index in [4.69, 9.17) is 9.16 Å². The van der Waals surface area contributed by atoms with E-state index in [-0.39, 0.29) is 11.1 Å². The summed E-state index contributed by atoms with van der Waals surface area (Å²) in [5.41, 5.74) is -0.539. The van der Waals surface area contributed by atoms with Gasteiger partial charge in [-0.25, -0.2) is 4.79 Å². The van der Waals surface area contributed by atoms with Gasteiger partial charge >= 0.3 is 5.69 Å². The van der Waals surface area contributed by atoms with Gasteiger partial charge in [0.05, 0.1) is 24.4 Å². The second kappa shape index (κ2) is 6.93. The summed E-state index contributed by atoms with van der Waals surface area (Å²) in [5, 5.41) is 0.147. The third-order valence-corrected chi connectivity index (χ3v) is 8.71. The Hall–Kier alpha value is -1.18. The SMILES string of the molecule is C[C@@H](CO[Si](C)(C)C(C)(C)C)O[C@H](C)c1c[nH]c(=O)[nH]c1=O. The summed E-state index contributed by atoms with van der Waals surface area (Å²) in [6, 6.07) is 0. The van der Waals surface area contributed by atoms with E-state index in [9.17, 15) is 9.59 Å². The molecule has 0 aliphatic rings. The predicted octanol–water partition coefficient (Wildman–Crippen LogP) is 2.55. The van der Waals surface area contributed by atoms with Crippen LogP contribution in [0.2, 0.25) is 18.1 Å². The number of ether oxygens (including phenoxy) is 1. The van der Waals surface area contributed by atoms with Gasteiger partial charge < -0.3 is 14.1 Å². The molecule has 0 unspecified atom stereocenters. The topological polar surface area (TPSA) is 84.2 Å². The lowest BCUT2D eigenvalue weighted by atomic mass is 10.2. The van der Waals surface area contributed by atoms with Crippen molar-refractivity contribution in [3.8, 4) is 0 Å². The summed E-state index contributed by atoms with van der Waals surface area (Å²) in [6.07, 6.45) is 0.835. The van der Waals surface area contributed by atoms with Gasteiger partial charge in [0.15, 0.2) is 8.32 Å². The lowest BCUT2D eigenvalue weighted by Crippen LogP contribution is -2.42. The predicted molar refractivity (Wildman–Crippen MR) is 89.8 cm³/mol. The third-order valence-electron chi connectivity index (χ3n) is 4.21. The first kappa shape index (κ1) is 18.9. The minimum Gasteiger partial charge on any atom is -0.414 e. The van der Waals surface area contributed by atoms with Crippen molar-refractivity contribution in [2.75, 3.05) is 6.61 Å². The van der Waals surface area contributed by atoms with Crippen molar-refractivity contribution in [1.82, 2.24) is 9.97 Å². The molecule has 0 amide bonds. The summed E-state index contributed by atoms with van der Waals surface area (Å²) in [5.74, 6) is 0. The summed E-state index contributed by atoms with van der Waals surface area (Å²) < 4.78 is 11.9. The Bertz CT molecular complexity index is 601. The highest BCUT2D eigenvalue weighted by molar-refractivity contribution is 6.74. The van der Waals surface area contributed by atoms with Crippen LogP contribution in [0.4, 0.5) is 0 Å². The third kappa shape index (κ3) is 4.93. The van der Waals surface area contributed by atoms with Crippen molar-refractivity contribution in [3.63, 3.8) is 0 Å². The highest BCUT2D eigenvalue weighted by Gasteiger charge is 2.37. The zero-order chi connectivity index (χ0) is 17.1. The lowest BCUT2D eigenvalue weighted by Gasteiger charge is -2.37. The standard InChI is InChI=1S/C15H28N2O4Si/c1-10(9-20-22(6,7)15(3,4)5)21-11(2)12-8-16-14(19)17-13(12)18/h8,10-11H,9H2,1-7H3,(H2,16,17,18,19)/t10-,11+/m0/s1. The molecule has 1 aromatic heterocycles. The van der Waals surface area contributed by atoms with Crippen molar-refractivity contribution in [1.29, 1.82) is 0 Å². The summed E-state index contributed by atoms with van der Waals surface area (Å²) in [6.45, 7) is 15.1. The van der Waals surface area contributed by atoms with Gasteiger partial charge in [-0.3, -0.25) is 9.78 Å². The summed E-state index contributed by atoms with van der Waals surface area (Å²) in [4.78, 5) is 27.4. The zero-order valence-electron chi connectivity index (χ0n) is 14.6. The molecule has 0 aliphatic carbocycles. The molecule has 6 nitrogen and oxygen atoms in total. The van der Waals surface area contributed by atoms with Crippen LogP contribution in [-0.4, -0.2) is 31.0 Å². The van der Waals surface area contributed by atoms with E-state index in [1.807, 2.05) is 6.92 Å². The fraction of sp³-hybridized carbons (Fsp3) is 0.733. The number of H-pyrrole nitrogens is 2. The Kier molecular flexibility index (Phi) is 5.94. The second-order valence-electron chi connectivity index (χ2n) is 7.19. The molecular formula is C15H28N2O4Si. The van der Waals surface area contributed by atoms with Crippen molar-refractivity contribution in [2.24, 2.45) is 0 Å². The van der Waals surface area contributed by atoms with Crippen LogP contribution in [-0.2, 0) is 9.16 Å². The van der Waals surface area contributed by atoms with E-state index in [0.717, 1.165) is 0 Å². The maximum Gasteiger partial charge on any atom is 0.325 e. The van der Waals surface area contributed by atoms with Crippen LogP contribution in [0, 0.1) is 0 Å². The van der Waals surface area contributed by atoms with Crippen LogP contribution in [0.25, 0.3) is 0 Å². The van der Waals surface area contributed by atoms with Crippen molar-refractivity contribution < 1.29 is 9.16 Å². The fourth-order valence-corrected chi connectivity index (χ4v) is 2.81. The highest BCUT2D eigenvalue weighted by Crippen LogP contribution is 2.36. The molecule has 0 radical (unpaired) electrons. The number of aromatic amines is 2. The number of rotatable bonds is 6. The number of hydrogen-bond acceptors (Lipinski definition) is 4. The molecular weight excluding hydrogens is 300 g/mol. The summed E-state index contributed by atoms with van der Waals surface area (Å²) in [7, 11) is -1.81. The molecule has 1 heterocycles. The molecule has 1 aromatic rings. The molecule has 2 atom stereocenters. The molecule has 0 aromatic carbocycles. The first-order valence-electron chi connectivity index (χ1n) is 7.55. The van der Waals surface area contributed by atoms with Gasteiger partial charge in [0.25, 0.3) is 5.56 Å². The Morgan fingerprint density at radius 1 is 1.23 bits per heavy atom. The minimum atomic E-state index is -1.81. The van der Waals surface area contributed by atoms with Crippen LogP contribution >= 0.6 is 0 Å². The average Bonchev–Trinajstić information content (AvgIpc) is 2.34. The Balaban J connectivity index is 2.63. The summed E-state index contributed by atoms with van der Waals surface area (Å²) >= 11 is 0. The van der Waals surface area contributed by atoms with Gasteiger partial charge in [-0.2, -0.15) is 0 Å². The maximum absolute atomic E-state index is 11.7. The average molecular weight is 328 g/mol. The van der Waals surface area contributed by atoms with E-state index < -0.39 is 25.7 Å². The molecule has 7 heteroatoms. The lowest BCUT2D eigenvalue weighted by molar-refractivity contribution is -0.0198.